The highest BCUT2D eigenvalue weighted by Gasteiger charge is 2.31. The molecule has 2 rings (SSSR count). The monoisotopic (exact) mass is 250 g/mol. The molecule has 96 valence electrons. The molecule has 1 aliphatic heterocycles. The van der Waals surface area contributed by atoms with E-state index in [9.17, 15) is 14.0 Å². The number of rotatable bonds is 1. The van der Waals surface area contributed by atoms with Gasteiger partial charge < -0.3 is 10.6 Å². The van der Waals surface area contributed by atoms with Crippen LogP contribution < -0.4 is 5.73 Å². The van der Waals surface area contributed by atoms with Crippen molar-refractivity contribution >= 4 is 11.8 Å². The molecular formula is C13H15FN2O2. The molecule has 1 atom stereocenters. The van der Waals surface area contributed by atoms with Crippen molar-refractivity contribution in [2.75, 3.05) is 6.54 Å². The number of carbonyl (C=O) groups is 2. The number of aryl methyl sites for hydroxylation is 1. The lowest BCUT2D eigenvalue weighted by Crippen LogP contribution is -2.44. The normalized spacial score (nSPS) is 20.0. The minimum absolute atomic E-state index is 0.0984. The first-order valence-electron chi connectivity index (χ1n) is 5.83. The zero-order valence-electron chi connectivity index (χ0n) is 10.1. The Labute approximate surface area is 105 Å². The Morgan fingerprint density at radius 2 is 2.22 bits per heavy atom. The Morgan fingerprint density at radius 3 is 2.83 bits per heavy atom. The van der Waals surface area contributed by atoms with Crippen LogP contribution in [0.4, 0.5) is 9.18 Å². The number of amides is 2. The van der Waals surface area contributed by atoms with Crippen molar-refractivity contribution in [3.8, 4) is 0 Å². The summed E-state index contributed by atoms with van der Waals surface area (Å²) >= 11 is 0. The molecule has 0 spiro atoms. The van der Waals surface area contributed by atoms with E-state index in [1.54, 1.807) is 13.0 Å². The van der Waals surface area contributed by atoms with E-state index < -0.39 is 6.03 Å². The van der Waals surface area contributed by atoms with Gasteiger partial charge in [0.15, 0.2) is 0 Å². The maximum Gasteiger partial charge on any atom is 0.315 e. The van der Waals surface area contributed by atoms with Gasteiger partial charge in [-0.2, -0.15) is 0 Å². The van der Waals surface area contributed by atoms with Crippen LogP contribution in [0.1, 0.15) is 30.0 Å². The number of carbonyl (C=O) groups excluding carboxylic acids is 2. The van der Waals surface area contributed by atoms with Crippen molar-refractivity contribution < 1.29 is 14.0 Å². The van der Waals surface area contributed by atoms with Gasteiger partial charge in [0, 0.05) is 19.4 Å². The second-order valence-corrected chi connectivity index (χ2v) is 4.54. The molecule has 1 aliphatic rings. The van der Waals surface area contributed by atoms with Crippen molar-refractivity contribution in [2.45, 2.75) is 25.8 Å². The summed E-state index contributed by atoms with van der Waals surface area (Å²) in [5.41, 5.74) is 6.83. The van der Waals surface area contributed by atoms with Gasteiger partial charge in [-0.15, -0.1) is 0 Å². The lowest BCUT2D eigenvalue weighted by Gasteiger charge is -2.34. The minimum Gasteiger partial charge on any atom is -0.351 e. The van der Waals surface area contributed by atoms with E-state index in [0.717, 1.165) is 11.1 Å². The number of hydrogen-bond donors (Lipinski definition) is 1. The predicted octanol–water partition coefficient (Wildman–Crippen LogP) is 1.92. The molecule has 5 heteroatoms. The summed E-state index contributed by atoms with van der Waals surface area (Å²) in [6.07, 6.45) is 0.578. The van der Waals surface area contributed by atoms with E-state index in [1.165, 1.54) is 17.0 Å². The third-order valence-electron chi connectivity index (χ3n) is 3.30. The number of nitrogens with two attached hydrogens (primary N) is 1. The summed E-state index contributed by atoms with van der Waals surface area (Å²) in [6, 6.07) is 3.43. The summed E-state index contributed by atoms with van der Waals surface area (Å²) in [5, 5.41) is 0. The van der Waals surface area contributed by atoms with E-state index in [0.29, 0.717) is 13.0 Å². The van der Waals surface area contributed by atoms with Crippen LogP contribution in [0.25, 0.3) is 0 Å². The number of primary amides is 1. The Kier molecular flexibility index (Phi) is 3.32. The first-order valence-corrected chi connectivity index (χ1v) is 5.83. The molecule has 0 aromatic heterocycles. The molecule has 2 amide bonds. The number of nitrogens with zero attached hydrogens (tertiary/aromatic N) is 1. The highest BCUT2D eigenvalue weighted by atomic mass is 19.1. The lowest BCUT2D eigenvalue weighted by molar-refractivity contribution is -0.122. The fourth-order valence-corrected chi connectivity index (χ4v) is 2.38. The van der Waals surface area contributed by atoms with Gasteiger partial charge in [0.2, 0.25) is 0 Å². The van der Waals surface area contributed by atoms with Crippen molar-refractivity contribution in [2.24, 2.45) is 5.73 Å². The first kappa shape index (κ1) is 12.5. The lowest BCUT2D eigenvalue weighted by atomic mass is 9.92. The molecule has 0 bridgehead atoms. The van der Waals surface area contributed by atoms with Crippen LogP contribution in [0.2, 0.25) is 0 Å². The molecular weight excluding hydrogens is 235 g/mol. The number of Topliss-reactive ketones (excluding diaryl/α,β-unsaturated/α-hetero) is 1. The van der Waals surface area contributed by atoms with Gasteiger partial charge in [-0.05, 0) is 30.2 Å². The Morgan fingerprint density at radius 1 is 1.50 bits per heavy atom. The van der Waals surface area contributed by atoms with Crippen LogP contribution in [0.3, 0.4) is 0 Å². The Bertz CT molecular complexity index is 502. The average Bonchev–Trinajstić information content (AvgIpc) is 2.28. The second-order valence-electron chi connectivity index (χ2n) is 4.54. The largest absolute Gasteiger partial charge is 0.351 e. The van der Waals surface area contributed by atoms with Crippen LogP contribution >= 0.6 is 0 Å². The fourth-order valence-electron chi connectivity index (χ4n) is 2.38. The van der Waals surface area contributed by atoms with Gasteiger partial charge in [0.05, 0.1) is 6.04 Å². The van der Waals surface area contributed by atoms with Crippen molar-refractivity contribution in [3.63, 3.8) is 0 Å². The van der Waals surface area contributed by atoms with Gasteiger partial charge in [-0.1, -0.05) is 6.07 Å². The number of benzene rings is 1. The van der Waals surface area contributed by atoms with Crippen LogP contribution in [0.5, 0.6) is 0 Å². The smallest absolute Gasteiger partial charge is 0.315 e. The van der Waals surface area contributed by atoms with Crippen LogP contribution in [-0.4, -0.2) is 23.3 Å². The molecule has 1 unspecified atom stereocenters. The number of ketones is 1. The number of piperidine rings is 1. The minimum atomic E-state index is -0.545. The maximum absolute atomic E-state index is 13.1. The van der Waals surface area contributed by atoms with E-state index in [1.807, 2.05) is 0 Å². The molecule has 2 N–H and O–H groups in total. The summed E-state index contributed by atoms with van der Waals surface area (Å²) in [6.45, 7) is 2.09. The molecule has 1 aromatic rings. The van der Waals surface area contributed by atoms with Gasteiger partial charge >= 0.3 is 6.03 Å². The summed E-state index contributed by atoms with van der Waals surface area (Å²) in [5.74, 6) is -0.231. The third-order valence-corrected chi connectivity index (χ3v) is 3.30. The van der Waals surface area contributed by atoms with Crippen molar-refractivity contribution in [3.05, 3.63) is 35.1 Å². The van der Waals surface area contributed by atoms with E-state index in [4.69, 9.17) is 5.73 Å². The van der Waals surface area contributed by atoms with E-state index in [2.05, 4.69) is 0 Å². The Hall–Kier alpha value is -1.91. The van der Waals surface area contributed by atoms with Crippen molar-refractivity contribution in [1.82, 2.24) is 4.90 Å². The number of hydrogen-bond acceptors (Lipinski definition) is 2. The molecule has 1 fully saturated rings. The zero-order chi connectivity index (χ0) is 13.3. The first-order chi connectivity index (χ1) is 8.49. The predicted molar refractivity (Wildman–Crippen MR) is 64.4 cm³/mol. The van der Waals surface area contributed by atoms with Crippen molar-refractivity contribution in [1.29, 1.82) is 0 Å². The van der Waals surface area contributed by atoms with Gasteiger partial charge in [0.1, 0.15) is 11.6 Å². The molecule has 4 nitrogen and oxygen atoms in total. The van der Waals surface area contributed by atoms with Gasteiger partial charge in [-0.25, -0.2) is 9.18 Å². The second kappa shape index (κ2) is 4.76. The van der Waals surface area contributed by atoms with Gasteiger partial charge in [0.25, 0.3) is 0 Å². The topological polar surface area (TPSA) is 63.4 Å². The third kappa shape index (κ3) is 2.34. The molecule has 18 heavy (non-hydrogen) atoms. The average molecular weight is 250 g/mol. The summed E-state index contributed by atoms with van der Waals surface area (Å²) in [4.78, 5) is 24.4. The Balaban J connectivity index is 2.38. The highest BCUT2D eigenvalue weighted by molar-refractivity contribution is 5.83. The molecule has 0 aliphatic carbocycles. The number of halogens is 1. The summed E-state index contributed by atoms with van der Waals surface area (Å²) < 4.78 is 13.1. The SMILES string of the molecule is Cc1cc(F)ccc1C1CC(=O)CCN1C(N)=O. The maximum atomic E-state index is 13.1. The fraction of sp³-hybridized carbons (Fsp3) is 0.385. The molecule has 1 aromatic carbocycles. The van der Waals surface area contributed by atoms with E-state index in [-0.39, 0.29) is 24.1 Å². The number of likely N-dealkylation sites (tertiary alicyclic amines) is 1. The highest BCUT2D eigenvalue weighted by Crippen LogP contribution is 2.31. The number of urea groups is 1. The molecule has 1 saturated heterocycles. The molecule has 1 heterocycles. The quantitative estimate of drug-likeness (QED) is 0.827. The zero-order valence-corrected chi connectivity index (χ0v) is 10.1. The van der Waals surface area contributed by atoms with Crippen LogP contribution in [0.15, 0.2) is 18.2 Å². The standard InChI is InChI=1S/C13H15FN2O2/c1-8-6-9(14)2-3-11(8)12-7-10(17)4-5-16(12)13(15)18/h2-3,6,12H,4-5,7H2,1H3,(H2,15,18). The molecule has 0 saturated carbocycles. The van der Waals surface area contributed by atoms with Crippen LogP contribution in [0, 0.1) is 12.7 Å². The summed E-state index contributed by atoms with van der Waals surface area (Å²) in [7, 11) is 0. The van der Waals surface area contributed by atoms with Crippen LogP contribution in [-0.2, 0) is 4.79 Å². The molecule has 0 radical (unpaired) electrons. The van der Waals surface area contributed by atoms with Gasteiger partial charge in [-0.3, -0.25) is 4.79 Å². The van der Waals surface area contributed by atoms with E-state index >= 15 is 0 Å².